The van der Waals surface area contributed by atoms with Crippen LogP contribution in [0.3, 0.4) is 0 Å². The maximum atomic E-state index is 12.6. The van der Waals surface area contributed by atoms with Gasteiger partial charge in [-0.2, -0.15) is 0 Å². The summed E-state index contributed by atoms with van der Waals surface area (Å²) in [6.07, 6.45) is 0.109. The lowest BCUT2D eigenvalue weighted by atomic mass is 9.78. The second-order valence-electron chi connectivity index (χ2n) is 10.7. The maximum Gasteiger partial charge on any atom is 0.494 e. The lowest BCUT2D eigenvalue weighted by Gasteiger charge is -2.32. The molecule has 1 N–H and O–H groups in total. The highest BCUT2D eigenvalue weighted by Crippen LogP contribution is 2.36. The smallest absolute Gasteiger partial charge is 0.494 e. The molecular formula is C26H33BNO5-. The molecule has 0 saturated carbocycles. The molecule has 0 aromatic heterocycles. The van der Waals surface area contributed by atoms with Gasteiger partial charge in [0.15, 0.2) is 0 Å². The van der Waals surface area contributed by atoms with Crippen LogP contribution in [0.25, 0.3) is 0 Å². The van der Waals surface area contributed by atoms with Gasteiger partial charge in [-0.05, 0) is 68.3 Å². The first-order chi connectivity index (χ1) is 15.2. The van der Waals surface area contributed by atoms with Crippen LogP contribution < -0.4 is 15.9 Å². The van der Waals surface area contributed by atoms with E-state index >= 15 is 0 Å². The van der Waals surface area contributed by atoms with E-state index in [9.17, 15) is 14.7 Å². The van der Waals surface area contributed by atoms with Crippen LogP contribution in [0.1, 0.15) is 70.0 Å². The third-order valence-corrected chi connectivity index (χ3v) is 6.55. The molecule has 33 heavy (non-hydrogen) atoms. The Hall–Kier alpha value is -2.64. The van der Waals surface area contributed by atoms with Crippen LogP contribution in [-0.4, -0.2) is 36.2 Å². The zero-order chi connectivity index (χ0) is 24.6. The number of aliphatic carboxylic acids is 1. The van der Waals surface area contributed by atoms with Gasteiger partial charge in [-0.1, -0.05) is 57.2 Å². The fourth-order valence-corrected chi connectivity index (χ4v) is 3.58. The third-order valence-electron chi connectivity index (χ3n) is 6.55. The number of benzene rings is 2. The van der Waals surface area contributed by atoms with Crippen LogP contribution in [0.15, 0.2) is 48.5 Å². The van der Waals surface area contributed by atoms with Crippen molar-refractivity contribution in [1.82, 2.24) is 5.32 Å². The van der Waals surface area contributed by atoms with Gasteiger partial charge in [0.1, 0.15) is 0 Å². The van der Waals surface area contributed by atoms with Crippen molar-refractivity contribution in [2.45, 2.75) is 77.5 Å². The number of hydrogen-bond acceptors (Lipinski definition) is 5. The van der Waals surface area contributed by atoms with Crippen molar-refractivity contribution in [3.05, 3.63) is 65.2 Å². The van der Waals surface area contributed by atoms with Crippen molar-refractivity contribution in [3.63, 3.8) is 0 Å². The van der Waals surface area contributed by atoms with Crippen LogP contribution in [0.2, 0.25) is 0 Å². The molecule has 0 aliphatic carbocycles. The minimum Gasteiger partial charge on any atom is -0.548 e. The van der Waals surface area contributed by atoms with Gasteiger partial charge >= 0.3 is 7.12 Å². The monoisotopic (exact) mass is 450 g/mol. The van der Waals surface area contributed by atoms with Crippen molar-refractivity contribution in [3.8, 4) is 0 Å². The van der Waals surface area contributed by atoms with Crippen molar-refractivity contribution < 1.29 is 24.0 Å². The second-order valence-corrected chi connectivity index (χ2v) is 10.7. The van der Waals surface area contributed by atoms with E-state index in [1.54, 1.807) is 12.1 Å². The summed E-state index contributed by atoms with van der Waals surface area (Å²) in [7, 11) is -0.489. The first-order valence-corrected chi connectivity index (χ1v) is 11.3. The topological polar surface area (TPSA) is 87.7 Å². The van der Waals surface area contributed by atoms with E-state index in [4.69, 9.17) is 9.31 Å². The molecule has 1 heterocycles. The van der Waals surface area contributed by atoms with Gasteiger partial charge in [0.05, 0.1) is 23.2 Å². The van der Waals surface area contributed by atoms with E-state index < -0.39 is 36.2 Å². The molecule has 2 aromatic carbocycles. The highest BCUT2D eigenvalue weighted by molar-refractivity contribution is 6.62. The predicted molar refractivity (Wildman–Crippen MR) is 127 cm³/mol. The molecule has 1 atom stereocenters. The van der Waals surface area contributed by atoms with Gasteiger partial charge < -0.3 is 24.5 Å². The Morgan fingerprint density at radius 2 is 1.45 bits per heavy atom. The highest BCUT2D eigenvalue weighted by atomic mass is 16.7. The predicted octanol–water partition coefficient (Wildman–Crippen LogP) is 2.37. The van der Waals surface area contributed by atoms with Crippen molar-refractivity contribution >= 4 is 24.5 Å². The van der Waals surface area contributed by atoms with Crippen molar-refractivity contribution in [1.29, 1.82) is 0 Å². The molecule has 1 amide bonds. The summed E-state index contributed by atoms with van der Waals surface area (Å²) >= 11 is 0. The number of carbonyl (C=O) groups excluding carboxylic acids is 2. The zero-order valence-electron chi connectivity index (χ0n) is 20.5. The zero-order valence-corrected chi connectivity index (χ0v) is 20.5. The summed E-state index contributed by atoms with van der Waals surface area (Å²) in [5.41, 5.74) is 2.20. The Morgan fingerprint density at radius 1 is 0.939 bits per heavy atom. The summed E-state index contributed by atoms with van der Waals surface area (Å²) in [6.45, 7) is 14.2. The van der Waals surface area contributed by atoms with Crippen LogP contribution in [0.5, 0.6) is 0 Å². The number of carbonyl (C=O) groups is 2. The minimum absolute atomic E-state index is 0.0330. The second kappa shape index (κ2) is 8.95. The fraction of sp³-hybridized carbons (Fsp3) is 0.462. The average Bonchev–Trinajstić information content (AvgIpc) is 2.94. The Bertz CT molecular complexity index is 990. The van der Waals surface area contributed by atoms with Gasteiger partial charge in [-0.3, -0.25) is 4.79 Å². The van der Waals surface area contributed by atoms with Gasteiger partial charge in [0, 0.05) is 5.56 Å². The summed E-state index contributed by atoms with van der Waals surface area (Å²) < 4.78 is 12.1. The Morgan fingerprint density at radius 3 is 1.91 bits per heavy atom. The van der Waals surface area contributed by atoms with E-state index in [2.05, 4.69) is 26.1 Å². The molecular weight excluding hydrogens is 417 g/mol. The molecule has 3 rings (SSSR count). The molecule has 0 bridgehead atoms. The molecule has 7 heteroatoms. The minimum atomic E-state index is -1.33. The Labute approximate surface area is 196 Å². The van der Waals surface area contributed by atoms with Gasteiger partial charge in [0.2, 0.25) is 0 Å². The van der Waals surface area contributed by atoms with E-state index in [1.165, 1.54) is 0 Å². The molecule has 0 unspecified atom stereocenters. The van der Waals surface area contributed by atoms with Gasteiger partial charge in [0.25, 0.3) is 5.91 Å². The number of carboxylic acid groups (broad SMARTS) is 1. The molecule has 1 aliphatic rings. The third kappa shape index (κ3) is 5.65. The largest absolute Gasteiger partial charge is 0.548 e. The first-order valence-electron chi connectivity index (χ1n) is 11.3. The Kier molecular flexibility index (Phi) is 6.78. The molecule has 6 nitrogen and oxygen atoms in total. The number of amides is 1. The molecule has 176 valence electrons. The average molecular weight is 450 g/mol. The molecule has 1 saturated heterocycles. The molecule has 2 aromatic rings. The van der Waals surface area contributed by atoms with Crippen molar-refractivity contribution in [2.24, 2.45) is 0 Å². The van der Waals surface area contributed by atoms with Crippen LogP contribution in [0.4, 0.5) is 0 Å². The van der Waals surface area contributed by atoms with Gasteiger partial charge in [-0.25, -0.2) is 0 Å². The Balaban J connectivity index is 1.67. The van der Waals surface area contributed by atoms with Crippen LogP contribution in [-0.2, 0) is 25.9 Å². The number of hydrogen-bond donors (Lipinski definition) is 1. The van der Waals surface area contributed by atoms with E-state index in [0.29, 0.717) is 5.56 Å². The maximum absolute atomic E-state index is 12.6. The summed E-state index contributed by atoms with van der Waals surface area (Å²) in [6, 6.07) is 13.4. The normalized spacial score (nSPS) is 18.1. The number of nitrogens with one attached hydrogen (secondary N) is 1. The highest BCUT2D eigenvalue weighted by Gasteiger charge is 2.51. The summed E-state index contributed by atoms with van der Waals surface area (Å²) in [4.78, 5) is 24.3. The van der Waals surface area contributed by atoms with E-state index in [0.717, 1.165) is 16.6 Å². The van der Waals surface area contributed by atoms with Crippen molar-refractivity contribution in [2.75, 3.05) is 0 Å². The summed E-state index contributed by atoms with van der Waals surface area (Å²) in [5, 5.41) is 14.3. The lowest BCUT2D eigenvalue weighted by molar-refractivity contribution is -0.308. The molecule has 0 radical (unpaired) electrons. The fourth-order valence-electron chi connectivity index (χ4n) is 3.58. The van der Waals surface area contributed by atoms with E-state index in [1.807, 2.05) is 64.1 Å². The van der Waals surface area contributed by atoms with E-state index in [-0.39, 0.29) is 11.8 Å². The van der Waals surface area contributed by atoms with Gasteiger partial charge in [-0.15, -0.1) is 0 Å². The molecule has 0 spiro atoms. The standard InChI is InChI=1S/C26H34BNO5/c1-24(2,3)19-12-10-18(11-13-19)22(29)28-21(23(30)31)16-17-8-14-20(15-9-17)27-32-25(4,5)26(6,7)33-27/h8-15,21H,16H2,1-7H3,(H,28,29)(H,30,31)/p-1/t21-/m0/s1. The number of carboxylic acids is 1. The molecule has 1 fully saturated rings. The van der Waals surface area contributed by atoms with Crippen LogP contribution in [0, 0.1) is 0 Å². The SMILES string of the molecule is CC(C)(C)c1ccc(C(=O)N[C@@H](Cc2ccc(B3OC(C)(C)C(C)(C)O3)cc2)C(=O)[O-])cc1. The first kappa shape index (κ1) is 25.0. The molecule has 1 aliphatic heterocycles. The summed E-state index contributed by atoms with van der Waals surface area (Å²) in [5.74, 6) is -1.77. The lowest BCUT2D eigenvalue weighted by Crippen LogP contribution is -2.49. The number of rotatable bonds is 6. The quantitative estimate of drug-likeness (QED) is 0.683. The van der Waals surface area contributed by atoms with Crippen LogP contribution >= 0.6 is 0 Å².